The van der Waals surface area contributed by atoms with Gasteiger partial charge < -0.3 is 19.9 Å². The van der Waals surface area contributed by atoms with Crippen molar-refractivity contribution in [1.82, 2.24) is 5.32 Å². The third-order valence-electron chi connectivity index (χ3n) is 3.34. The van der Waals surface area contributed by atoms with E-state index in [1.54, 1.807) is 7.11 Å². The monoisotopic (exact) mass is 297 g/mol. The van der Waals surface area contributed by atoms with Crippen molar-refractivity contribution >= 4 is 11.8 Å². The summed E-state index contributed by atoms with van der Waals surface area (Å²) in [7, 11) is 1.61. The highest BCUT2D eigenvalue weighted by molar-refractivity contribution is 7.99. The maximum Gasteiger partial charge on any atom is 0.161 e. The number of aliphatic hydroxyl groups is 1. The number of ether oxygens (including phenoxy) is 2. The number of nitrogens with one attached hydrogen (secondary N) is 1. The fourth-order valence-electron chi connectivity index (χ4n) is 2.18. The fraction of sp³-hybridized carbons (Fsp3) is 0.600. The highest BCUT2D eigenvalue weighted by Gasteiger charge is 2.15. The summed E-state index contributed by atoms with van der Waals surface area (Å²) in [6.45, 7) is 1.82. The molecule has 1 heterocycles. The standard InChI is InChI=1S/C15H23NO3S/c1-18-14-4-2-3-5-15(14)19-10-13(17)9-16-8-12-6-7-20-11-12/h2-5,12-13,16-17H,6-11H2,1H3. The van der Waals surface area contributed by atoms with Gasteiger partial charge in [-0.3, -0.25) is 0 Å². The van der Waals surface area contributed by atoms with Crippen LogP contribution in [-0.2, 0) is 0 Å². The molecule has 2 rings (SSSR count). The van der Waals surface area contributed by atoms with Crippen molar-refractivity contribution in [3.8, 4) is 11.5 Å². The number of hydrogen-bond donors (Lipinski definition) is 2. The first-order valence-electron chi connectivity index (χ1n) is 7.02. The molecule has 1 aromatic carbocycles. The fourth-order valence-corrected chi connectivity index (χ4v) is 3.47. The number of thioether (sulfide) groups is 1. The minimum atomic E-state index is -0.506. The quantitative estimate of drug-likeness (QED) is 0.766. The SMILES string of the molecule is COc1ccccc1OCC(O)CNCC1CCSC1. The van der Waals surface area contributed by atoms with Crippen molar-refractivity contribution in [2.75, 3.05) is 38.3 Å². The zero-order valence-corrected chi connectivity index (χ0v) is 12.7. The molecule has 112 valence electrons. The van der Waals surface area contributed by atoms with E-state index >= 15 is 0 Å². The average molecular weight is 297 g/mol. The molecule has 0 aliphatic carbocycles. The van der Waals surface area contributed by atoms with Crippen molar-refractivity contribution in [2.24, 2.45) is 5.92 Å². The van der Waals surface area contributed by atoms with Crippen LogP contribution >= 0.6 is 11.8 Å². The van der Waals surface area contributed by atoms with Crippen LogP contribution in [0.4, 0.5) is 0 Å². The first-order chi connectivity index (χ1) is 9.79. The Bertz CT molecular complexity index is 396. The second kappa shape index (κ2) is 8.39. The minimum Gasteiger partial charge on any atom is -0.493 e. The van der Waals surface area contributed by atoms with E-state index in [2.05, 4.69) is 5.32 Å². The largest absolute Gasteiger partial charge is 0.493 e. The van der Waals surface area contributed by atoms with Crippen molar-refractivity contribution in [3.63, 3.8) is 0 Å². The molecule has 1 saturated heterocycles. The van der Waals surface area contributed by atoms with Crippen molar-refractivity contribution in [1.29, 1.82) is 0 Å². The summed E-state index contributed by atoms with van der Waals surface area (Å²) in [5, 5.41) is 13.2. The summed E-state index contributed by atoms with van der Waals surface area (Å²) in [4.78, 5) is 0. The Kier molecular flexibility index (Phi) is 6.50. The predicted octanol–water partition coefficient (Wildman–Crippen LogP) is 1.78. The van der Waals surface area contributed by atoms with Crippen LogP contribution in [0.1, 0.15) is 6.42 Å². The Labute approximate surface area is 124 Å². The van der Waals surface area contributed by atoms with E-state index in [1.807, 2.05) is 36.0 Å². The van der Waals surface area contributed by atoms with Crippen LogP contribution < -0.4 is 14.8 Å². The molecule has 1 aromatic rings. The van der Waals surface area contributed by atoms with Crippen LogP contribution in [0.5, 0.6) is 11.5 Å². The molecule has 1 aliphatic rings. The lowest BCUT2D eigenvalue weighted by molar-refractivity contribution is 0.104. The van der Waals surface area contributed by atoms with Gasteiger partial charge in [0, 0.05) is 6.54 Å². The van der Waals surface area contributed by atoms with Crippen LogP contribution in [0.15, 0.2) is 24.3 Å². The van der Waals surface area contributed by atoms with E-state index in [9.17, 15) is 5.11 Å². The zero-order chi connectivity index (χ0) is 14.2. The van der Waals surface area contributed by atoms with Crippen LogP contribution in [0.2, 0.25) is 0 Å². The molecule has 0 aromatic heterocycles. The van der Waals surface area contributed by atoms with Crippen molar-refractivity contribution < 1.29 is 14.6 Å². The molecule has 0 bridgehead atoms. The van der Waals surface area contributed by atoms with E-state index in [4.69, 9.17) is 9.47 Å². The molecule has 0 saturated carbocycles. The van der Waals surface area contributed by atoms with Gasteiger partial charge in [-0.15, -0.1) is 0 Å². The Morgan fingerprint density at radius 3 is 2.90 bits per heavy atom. The van der Waals surface area contributed by atoms with E-state index < -0.39 is 6.10 Å². The number of methoxy groups -OCH3 is 1. The van der Waals surface area contributed by atoms with Gasteiger partial charge in [0.1, 0.15) is 12.7 Å². The number of hydrogen-bond acceptors (Lipinski definition) is 5. The normalized spacial score (nSPS) is 19.8. The van der Waals surface area contributed by atoms with Gasteiger partial charge in [0.2, 0.25) is 0 Å². The molecule has 2 unspecified atom stereocenters. The van der Waals surface area contributed by atoms with Crippen LogP contribution in [0.25, 0.3) is 0 Å². The first kappa shape index (κ1) is 15.5. The second-order valence-electron chi connectivity index (χ2n) is 5.00. The van der Waals surface area contributed by atoms with Gasteiger partial charge in [0.15, 0.2) is 11.5 Å². The van der Waals surface area contributed by atoms with Crippen molar-refractivity contribution in [2.45, 2.75) is 12.5 Å². The molecule has 1 aliphatic heterocycles. The summed E-state index contributed by atoms with van der Waals surface area (Å²) in [5.41, 5.74) is 0. The van der Waals surface area contributed by atoms with Gasteiger partial charge in [0.05, 0.1) is 7.11 Å². The predicted molar refractivity (Wildman–Crippen MR) is 82.8 cm³/mol. The van der Waals surface area contributed by atoms with Gasteiger partial charge in [-0.05, 0) is 42.5 Å². The molecule has 2 atom stereocenters. The average Bonchev–Trinajstić information content (AvgIpc) is 2.98. The number of rotatable bonds is 8. The van der Waals surface area contributed by atoms with Crippen molar-refractivity contribution in [3.05, 3.63) is 24.3 Å². The van der Waals surface area contributed by atoms with E-state index in [0.29, 0.717) is 18.0 Å². The summed E-state index contributed by atoms with van der Waals surface area (Å²) in [6.07, 6.45) is 0.778. The molecule has 4 nitrogen and oxygen atoms in total. The second-order valence-corrected chi connectivity index (χ2v) is 6.15. The van der Waals surface area contributed by atoms with Crippen LogP contribution in [-0.4, -0.2) is 49.5 Å². The zero-order valence-electron chi connectivity index (χ0n) is 11.9. The molecule has 0 radical (unpaired) electrons. The lowest BCUT2D eigenvalue weighted by Gasteiger charge is -2.16. The van der Waals surface area contributed by atoms with Gasteiger partial charge in [-0.25, -0.2) is 0 Å². The molecule has 0 spiro atoms. The van der Waals surface area contributed by atoms with Gasteiger partial charge >= 0.3 is 0 Å². The van der Waals surface area contributed by atoms with Crippen LogP contribution in [0, 0.1) is 5.92 Å². The molecular formula is C15H23NO3S. The molecular weight excluding hydrogens is 274 g/mol. The van der Waals surface area contributed by atoms with Crippen LogP contribution in [0.3, 0.4) is 0 Å². The van der Waals surface area contributed by atoms with Gasteiger partial charge in [0.25, 0.3) is 0 Å². The van der Waals surface area contributed by atoms with E-state index in [0.717, 1.165) is 12.5 Å². The van der Waals surface area contributed by atoms with E-state index in [-0.39, 0.29) is 6.61 Å². The third-order valence-corrected chi connectivity index (χ3v) is 4.57. The Morgan fingerprint density at radius 1 is 1.40 bits per heavy atom. The lowest BCUT2D eigenvalue weighted by atomic mass is 10.1. The third kappa shape index (κ3) is 4.89. The maximum atomic E-state index is 9.91. The highest BCUT2D eigenvalue weighted by atomic mass is 32.2. The number of para-hydroxylation sites is 2. The topological polar surface area (TPSA) is 50.7 Å². The molecule has 1 fully saturated rings. The minimum absolute atomic E-state index is 0.271. The first-order valence-corrected chi connectivity index (χ1v) is 8.17. The van der Waals surface area contributed by atoms with E-state index in [1.165, 1.54) is 17.9 Å². The summed E-state index contributed by atoms with van der Waals surface area (Å²) >= 11 is 2.01. The number of aliphatic hydroxyl groups excluding tert-OH is 1. The highest BCUT2D eigenvalue weighted by Crippen LogP contribution is 2.25. The maximum absolute atomic E-state index is 9.91. The molecule has 0 amide bonds. The molecule has 2 N–H and O–H groups in total. The van der Waals surface area contributed by atoms with Gasteiger partial charge in [-0.1, -0.05) is 12.1 Å². The summed E-state index contributed by atoms with van der Waals surface area (Å²) in [5.74, 6) is 4.62. The summed E-state index contributed by atoms with van der Waals surface area (Å²) < 4.78 is 10.8. The molecule has 20 heavy (non-hydrogen) atoms. The molecule has 5 heteroatoms. The summed E-state index contributed by atoms with van der Waals surface area (Å²) in [6, 6.07) is 7.47. The Morgan fingerprint density at radius 2 is 2.20 bits per heavy atom. The lowest BCUT2D eigenvalue weighted by Crippen LogP contribution is -2.34. The Hall–Kier alpha value is -0.910. The number of benzene rings is 1. The smallest absolute Gasteiger partial charge is 0.161 e. The van der Waals surface area contributed by atoms with Gasteiger partial charge in [-0.2, -0.15) is 11.8 Å². The Balaban J connectivity index is 1.65.